The first-order valence-corrected chi connectivity index (χ1v) is 17.3. The Hall–Kier alpha value is -4.34. The molecule has 1 unspecified atom stereocenters. The number of methoxy groups -OCH3 is 1. The molecule has 0 aliphatic heterocycles. The number of carbonyl (C=O) groups excluding carboxylic acids is 2. The number of amides is 2. The maximum absolute atomic E-state index is 14.6. The molecule has 0 bridgehead atoms. The third kappa shape index (κ3) is 9.36. The highest BCUT2D eigenvalue weighted by Gasteiger charge is 2.35. The summed E-state index contributed by atoms with van der Waals surface area (Å²) >= 11 is 6.47. The first-order valence-electron chi connectivity index (χ1n) is 15.5. The van der Waals surface area contributed by atoms with Crippen molar-refractivity contribution >= 4 is 39.1 Å². The van der Waals surface area contributed by atoms with E-state index >= 15 is 0 Å². The highest BCUT2D eigenvalue weighted by atomic mass is 35.5. The first kappa shape index (κ1) is 35.5. The van der Waals surface area contributed by atoms with Crippen LogP contribution in [0.1, 0.15) is 36.1 Å². The van der Waals surface area contributed by atoms with Crippen molar-refractivity contribution in [2.75, 3.05) is 24.5 Å². The van der Waals surface area contributed by atoms with E-state index in [1.165, 1.54) is 17.0 Å². The van der Waals surface area contributed by atoms with E-state index in [0.717, 1.165) is 26.6 Å². The van der Waals surface area contributed by atoms with Crippen LogP contribution in [0.4, 0.5) is 5.69 Å². The van der Waals surface area contributed by atoms with Gasteiger partial charge in [-0.25, -0.2) is 8.42 Å². The van der Waals surface area contributed by atoms with Gasteiger partial charge in [0.1, 0.15) is 18.3 Å². The molecule has 0 radical (unpaired) electrons. The number of hydrogen-bond acceptors (Lipinski definition) is 5. The van der Waals surface area contributed by atoms with Crippen LogP contribution in [0.15, 0.2) is 102 Å². The lowest BCUT2D eigenvalue weighted by Crippen LogP contribution is -2.53. The van der Waals surface area contributed by atoms with Gasteiger partial charge >= 0.3 is 0 Å². The number of nitrogens with zero attached hydrogens (tertiary/aromatic N) is 2. The molecular formula is C37H42ClN3O5S. The second kappa shape index (κ2) is 16.0. The van der Waals surface area contributed by atoms with E-state index in [0.29, 0.717) is 17.3 Å². The summed E-state index contributed by atoms with van der Waals surface area (Å²) in [5.74, 6) is -0.108. The van der Waals surface area contributed by atoms with Crippen LogP contribution in [0.2, 0.25) is 5.02 Å². The first-order chi connectivity index (χ1) is 22.4. The molecule has 4 aromatic rings. The summed E-state index contributed by atoms with van der Waals surface area (Å²) in [6.45, 7) is 7.55. The van der Waals surface area contributed by atoms with Gasteiger partial charge in [0.2, 0.25) is 11.8 Å². The zero-order chi connectivity index (χ0) is 34.1. The van der Waals surface area contributed by atoms with E-state index < -0.39 is 28.5 Å². The number of aryl methyl sites for hydroxylation is 2. The molecule has 0 aliphatic carbocycles. The standard InChI is InChI=1S/C37H42ClN3O5S/c1-26(2)23-39-37(43)35(21-29-10-7-6-8-11-29)40(24-30-12-9-13-32(20-30)46-5)36(42)25-41(31-17-16-28(4)34(38)22-31)47(44,45)33-18-14-27(3)15-19-33/h6-20,22,26,35H,21,23-25H2,1-5H3,(H,39,43). The minimum atomic E-state index is -4.23. The normalized spacial score (nSPS) is 12.0. The summed E-state index contributed by atoms with van der Waals surface area (Å²) in [4.78, 5) is 30.0. The van der Waals surface area contributed by atoms with Gasteiger partial charge in [-0.15, -0.1) is 0 Å². The van der Waals surface area contributed by atoms with Crippen molar-refractivity contribution in [1.29, 1.82) is 0 Å². The van der Waals surface area contributed by atoms with Gasteiger partial charge in [-0.2, -0.15) is 0 Å². The summed E-state index contributed by atoms with van der Waals surface area (Å²) in [7, 11) is -2.68. The molecule has 248 valence electrons. The molecule has 4 rings (SSSR count). The van der Waals surface area contributed by atoms with Crippen molar-refractivity contribution in [3.05, 3.63) is 124 Å². The maximum atomic E-state index is 14.6. The van der Waals surface area contributed by atoms with Crippen molar-refractivity contribution in [1.82, 2.24) is 10.2 Å². The number of nitrogens with one attached hydrogen (secondary N) is 1. The number of anilines is 1. The minimum absolute atomic E-state index is 0.0301. The van der Waals surface area contributed by atoms with Crippen LogP contribution in [0.25, 0.3) is 0 Å². The molecule has 0 saturated heterocycles. The van der Waals surface area contributed by atoms with Gasteiger partial charge < -0.3 is 15.0 Å². The SMILES string of the molecule is COc1cccc(CN(C(=O)CN(c2ccc(C)c(Cl)c2)S(=O)(=O)c2ccc(C)cc2)C(Cc2ccccc2)C(=O)NCC(C)C)c1. The fraction of sp³-hybridized carbons (Fsp3) is 0.297. The van der Waals surface area contributed by atoms with Gasteiger partial charge in [-0.3, -0.25) is 13.9 Å². The molecule has 0 saturated carbocycles. The number of ether oxygens (including phenoxy) is 1. The lowest BCUT2D eigenvalue weighted by molar-refractivity contribution is -0.140. The van der Waals surface area contributed by atoms with E-state index in [4.69, 9.17) is 16.3 Å². The number of halogens is 1. The minimum Gasteiger partial charge on any atom is -0.497 e. The molecule has 0 spiro atoms. The topological polar surface area (TPSA) is 96.0 Å². The number of rotatable bonds is 14. The van der Waals surface area contributed by atoms with Gasteiger partial charge in [0, 0.05) is 24.5 Å². The zero-order valence-corrected chi connectivity index (χ0v) is 29.0. The Kier molecular flexibility index (Phi) is 12.1. The molecule has 10 heteroatoms. The quantitative estimate of drug-likeness (QED) is 0.163. The van der Waals surface area contributed by atoms with Gasteiger partial charge in [-0.1, -0.05) is 91.7 Å². The third-order valence-corrected chi connectivity index (χ3v) is 9.97. The van der Waals surface area contributed by atoms with E-state index in [9.17, 15) is 18.0 Å². The van der Waals surface area contributed by atoms with Crippen LogP contribution in [-0.2, 0) is 32.6 Å². The Morgan fingerprint density at radius 2 is 1.55 bits per heavy atom. The second-order valence-corrected chi connectivity index (χ2v) is 14.2. The summed E-state index contributed by atoms with van der Waals surface area (Å²) in [5.41, 5.74) is 3.47. The van der Waals surface area contributed by atoms with E-state index in [2.05, 4.69) is 5.32 Å². The molecule has 0 aliphatic rings. The predicted octanol–water partition coefficient (Wildman–Crippen LogP) is 6.57. The molecule has 1 atom stereocenters. The summed E-state index contributed by atoms with van der Waals surface area (Å²) in [6.07, 6.45) is 0.224. The van der Waals surface area contributed by atoms with Gasteiger partial charge in [0.15, 0.2) is 0 Å². The molecule has 4 aromatic carbocycles. The number of sulfonamides is 1. The molecule has 2 amide bonds. The Morgan fingerprint density at radius 1 is 0.872 bits per heavy atom. The fourth-order valence-corrected chi connectivity index (χ4v) is 6.63. The van der Waals surface area contributed by atoms with Gasteiger partial charge in [0.05, 0.1) is 17.7 Å². The van der Waals surface area contributed by atoms with E-state index in [1.54, 1.807) is 49.6 Å². The number of benzene rings is 4. The molecule has 0 fully saturated rings. The highest BCUT2D eigenvalue weighted by Crippen LogP contribution is 2.29. The molecule has 0 heterocycles. The monoisotopic (exact) mass is 675 g/mol. The van der Waals surface area contributed by atoms with Crippen LogP contribution in [0.5, 0.6) is 5.75 Å². The molecule has 1 N–H and O–H groups in total. The largest absolute Gasteiger partial charge is 0.497 e. The highest BCUT2D eigenvalue weighted by molar-refractivity contribution is 7.92. The van der Waals surface area contributed by atoms with Gasteiger partial charge in [-0.05, 0) is 72.9 Å². The summed E-state index contributed by atoms with van der Waals surface area (Å²) < 4.78 is 35.0. The van der Waals surface area contributed by atoms with Crippen molar-refractivity contribution in [3.8, 4) is 5.75 Å². The van der Waals surface area contributed by atoms with Crippen LogP contribution in [0.3, 0.4) is 0 Å². The predicted molar refractivity (Wildman–Crippen MR) is 187 cm³/mol. The Morgan fingerprint density at radius 3 is 2.19 bits per heavy atom. The third-order valence-electron chi connectivity index (χ3n) is 7.77. The average molecular weight is 676 g/mol. The fourth-order valence-electron chi connectivity index (χ4n) is 5.05. The van der Waals surface area contributed by atoms with Crippen LogP contribution in [0, 0.1) is 19.8 Å². The number of hydrogen-bond donors (Lipinski definition) is 1. The summed E-state index contributed by atoms with van der Waals surface area (Å²) in [6, 6.07) is 27.1. The maximum Gasteiger partial charge on any atom is 0.264 e. The van der Waals surface area contributed by atoms with Crippen molar-refractivity contribution in [2.24, 2.45) is 5.92 Å². The Labute approximate surface area is 283 Å². The van der Waals surface area contributed by atoms with Crippen LogP contribution >= 0.6 is 11.6 Å². The molecule has 0 aromatic heterocycles. The van der Waals surface area contributed by atoms with Crippen molar-refractivity contribution in [3.63, 3.8) is 0 Å². The zero-order valence-electron chi connectivity index (χ0n) is 27.4. The van der Waals surface area contributed by atoms with Crippen molar-refractivity contribution < 1.29 is 22.7 Å². The van der Waals surface area contributed by atoms with Crippen LogP contribution < -0.4 is 14.4 Å². The smallest absolute Gasteiger partial charge is 0.264 e. The number of carbonyl (C=O) groups is 2. The Balaban J connectivity index is 1.82. The molecular weight excluding hydrogens is 634 g/mol. The summed E-state index contributed by atoms with van der Waals surface area (Å²) in [5, 5.41) is 3.36. The van der Waals surface area contributed by atoms with Crippen molar-refractivity contribution in [2.45, 2.75) is 51.6 Å². The second-order valence-electron chi connectivity index (χ2n) is 12.0. The lowest BCUT2D eigenvalue weighted by Gasteiger charge is -2.34. The lowest BCUT2D eigenvalue weighted by atomic mass is 10.0. The average Bonchev–Trinajstić information content (AvgIpc) is 3.06. The van der Waals surface area contributed by atoms with Gasteiger partial charge in [0.25, 0.3) is 10.0 Å². The van der Waals surface area contributed by atoms with E-state index in [-0.39, 0.29) is 35.4 Å². The molecule has 8 nitrogen and oxygen atoms in total. The van der Waals surface area contributed by atoms with Crippen LogP contribution in [-0.4, -0.2) is 51.4 Å². The Bertz CT molecular complexity index is 1780. The van der Waals surface area contributed by atoms with E-state index in [1.807, 2.05) is 70.2 Å². The molecule has 47 heavy (non-hydrogen) atoms.